The van der Waals surface area contributed by atoms with Gasteiger partial charge in [0.05, 0.1) is 5.69 Å². The highest BCUT2D eigenvalue weighted by Gasteiger charge is 2.14. The first-order valence-corrected chi connectivity index (χ1v) is 9.29. The van der Waals surface area contributed by atoms with Crippen LogP contribution in [0.1, 0.15) is 36.4 Å². The van der Waals surface area contributed by atoms with Crippen molar-refractivity contribution in [2.75, 3.05) is 13.1 Å². The van der Waals surface area contributed by atoms with E-state index in [4.69, 9.17) is 0 Å². The minimum absolute atomic E-state index is 0. The first-order valence-electron chi connectivity index (χ1n) is 9.29. The summed E-state index contributed by atoms with van der Waals surface area (Å²) in [5, 5.41) is 11.0. The maximum absolute atomic E-state index is 13.7. The maximum atomic E-state index is 13.7. The van der Waals surface area contributed by atoms with Crippen molar-refractivity contribution in [3.8, 4) is 0 Å². The topological polar surface area (TPSA) is 54.2 Å². The molecule has 2 N–H and O–H groups in total. The third-order valence-electron chi connectivity index (χ3n) is 4.56. The third-order valence-corrected chi connectivity index (χ3v) is 4.56. The largest absolute Gasteiger partial charge is 0.357 e. The van der Waals surface area contributed by atoms with Gasteiger partial charge in [-0.2, -0.15) is 5.10 Å². The van der Waals surface area contributed by atoms with Crippen LogP contribution < -0.4 is 10.6 Å². The summed E-state index contributed by atoms with van der Waals surface area (Å²) in [6, 6.07) is 3.65. The molecule has 0 spiro atoms. The van der Waals surface area contributed by atoms with Crippen molar-refractivity contribution >= 4 is 29.9 Å². The molecule has 1 aromatic heterocycles. The molecule has 1 unspecified atom stereocenters. The van der Waals surface area contributed by atoms with Crippen LogP contribution in [-0.4, -0.2) is 34.9 Å². The van der Waals surface area contributed by atoms with Gasteiger partial charge in [-0.05, 0) is 69.9 Å². The summed E-state index contributed by atoms with van der Waals surface area (Å²) in [6.07, 6.45) is 1.17. The molecule has 8 heteroatoms. The molecule has 0 radical (unpaired) electrons. The predicted octanol–water partition coefficient (Wildman–Crippen LogP) is 3.66. The Morgan fingerprint density at radius 3 is 2.61 bits per heavy atom. The molecule has 0 aliphatic carbocycles. The molecule has 5 nitrogen and oxygen atoms in total. The van der Waals surface area contributed by atoms with Gasteiger partial charge in [0.15, 0.2) is 5.96 Å². The lowest BCUT2D eigenvalue weighted by Crippen LogP contribution is -2.43. The third kappa shape index (κ3) is 6.72. The van der Waals surface area contributed by atoms with Crippen LogP contribution >= 0.6 is 24.0 Å². The first kappa shape index (κ1) is 24.3. The van der Waals surface area contributed by atoms with Gasteiger partial charge in [0, 0.05) is 31.9 Å². The summed E-state index contributed by atoms with van der Waals surface area (Å²) in [7, 11) is 1.95. The molecular formula is C20H30F2IN5. The Morgan fingerprint density at radius 2 is 2.00 bits per heavy atom. The summed E-state index contributed by atoms with van der Waals surface area (Å²) >= 11 is 0. The van der Waals surface area contributed by atoms with Crippen LogP contribution in [0.3, 0.4) is 0 Å². The van der Waals surface area contributed by atoms with Crippen LogP contribution in [0.5, 0.6) is 0 Å². The van der Waals surface area contributed by atoms with Crippen LogP contribution in [0.15, 0.2) is 23.2 Å². The van der Waals surface area contributed by atoms with Crippen molar-refractivity contribution in [1.29, 1.82) is 0 Å². The fourth-order valence-corrected chi connectivity index (χ4v) is 3.05. The van der Waals surface area contributed by atoms with Gasteiger partial charge in [-0.1, -0.05) is 0 Å². The number of benzene rings is 1. The molecule has 28 heavy (non-hydrogen) atoms. The van der Waals surface area contributed by atoms with Crippen molar-refractivity contribution < 1.29 is 8.78 Å². The van der Waals surface area contributed by atoms with Crippen molar-refractivity contribution in [2.45, 2.75) is 46.6 Å². The van der Waals surface area contributed by atoms with Gasteiger partial charge in [0.2, 0.25) is 0 Å². The van der Waals surface area contributed by atoms with Crippen molar-refractivity contribution in [3.63, 3.8) is 0 Å². The highest BCUT2D eigenvalue weighted by Crippen LogP contribution is 2.14. The monoisotopic (exact) mass is 505 g/mol. The van der Waals surface area contributed by atoms with E-state index in [0.29, 0.717) is 24.5 Å². The Kier molecular flexibility index (Phi) is 9.84. The number of hydrogen-bond acceptors (Lipinski definition) is 2. The molecule has 0 aliphatic rings. The summed E-state index contributed by atoms with van der Waals surface area (Å²) in [4.78, 5) is 4.50. The lowest BCUT2D eigenvalue weighted by molar-refractivity contribution is 0.584. The molecule has 0 saturated carbocycles. The standard InChI is InChI=1S/C20H29F2N5.HI/c1-6-23-20(24-10-9-16-12-17(21)7-8-19(16)22)25-13(2)11-18-14(3)26-27(5)15(18)4;/h7-8,12-13H,6,9-11H2,1-5H3,(H2,23,24,25);1H. The molecule has 156 valence electrons. The SMILES string of the molecule is CCNC(=NCCc1cc(F)ccc1F)NC(C)Cc1c(C)nn(C)c1C.I. The minimum atomic E-state index is -0.434. The summed E-state index contributed by atoms with van der Waals surface area (Å²) in [5.74, 6) is -0.169. The van der Waals surface area contributed by atoms with Gasteiger partial charge in [0.25, 0.3) is 0 Å². The van der Waals surface area contributed by atoms with E-state index in [2.05, 4.69) is 34.6 Å². The van der Waals surface area contributed by atoms with Crippen molar-refractivity contribution in [3.05, 3.63) is 52.3 Å². The number of aryl methyl sites for hydroxylation is 2. The average Bonchev–Trinajstić information content (AvgIpc) is 2.84. The quantitative estimate of drug-likeness (QED) is 0.343. The highest BCUT2D eigenvalue weighted by molar-refractivity contribution is 14.0. The van der Waals surface area contributed by atoms with E-state index < -0.39 is 11.6 Å². The Bertz CT molecular complexity index is 804. The molecule has 2 aromatic rings. The van der Waals surface area contributed by atoms with Gasteiger partial charge >= 0.3 is 0 Å². The minimum Gasteiger partial charge on any atom is -0.357 e. The molecule has 0 aliphatic heterocycles. The molecule has 2 rings (SSSR count). The van der Waals surface area contributed by atoms with E-state index in [1.54, 1.807) is 0 Å². The van der Waals surface area contributed by atoms with E-state index in [0.717, 1.165) is 36.5 Å². The fraction of sp³-hybridized carbons (Fsp3) is 0.500. The summed E-state index contributed by atoms with van der Waals surface area (Å²) in [6.45, 7) is 9.25. The number of aliphatic imine (C=N–C) groups is 1. The molecule has 1 aromatic carbocycles. The van der Waals surface area contributed by atoms with Gasteiger partial charge in [-0.25, -0.2) is 8.78 Å². The Morgan fingerprint density at radius 1 is 1.29 bits per heavy atom. The number of rotatable bonds is 7. The van der Waals surface area contributed by atoms with Crippen LogP contribution in [0.4, 0.5) is 8.78 Å². The zero-order chi connectivity index (χ0) is 20.0. The summed E-state index contributed by atoms with van der Waals surface area (Å²) < 4.78 is 28.9. The average molecular weight is 505 g/mol. The molecule has 0 saturated heterocycles. The number of halogens is 3. The van der Waals surface area contributed by atoms with Crippen molar-refractivity contribution in [1.82, 2.24) is 20.4 Å². The number of guanidine groups is 1. The van der Waals surface area contributed by atoms with E-state index >= 15 is 0 Å². The number of nitrogens with one attached hydrogen (secondary N) is 2. The molecule has 1 atom stereocenters. The summed E-state index contributed by atoms with van der Waals surface area (Å²) in [5.41, 5.74) is 3.76. The number of aromatic nitrogens is 2. The fourth-order valence-electron chi connectivity index (χ4n) is 3.05. The Balaban J connectivity index is 0.00000392. The normalized spacial score (nSPS) is 12.5. The van der Waals surface area contributed by atoms with E-state index in [1.807, 2.05) is 25.6 Å². The molecular weight excluding hydrogens is 475 g/mol. The molecule has 0 bridgehead atoms. The zero-order valence-electron chi connectivity index (χ0n) is 17.1. The van der Waals surface area contributed by atoms with Crippen LogP contribution in [0, 0.1) is 25.5 Å². The van der Waals surface area contributed by atoms with Gasteiger partial charge in [-0.15, -0.1) is 24.0 Å². The lowest BCUT2D eigenvalue weighted by atomic mass is 10.1. The molecule has 0 fully saturated rings. The molecule has 1 heterocycles. The predicted molar refractivity (Wildman–Crippen MR) is 120 cm³/mol. The Labute approximate surface area is 183 Å². The smallest absolute Gasteiger partial charge is 0.191 e. The first-order chi connectivity index (χ1) is 12.8. The second kappa shape index (κ2) is 11.3. The second-order valence-corrected chi connectivity index (χ2v) is 6.77. The number of nitrogens with zero attached hydrogens (tertiary/aromatic N) is 3. The lowest BCUT2D eigenvalue weighted by Gasteiger charge is -2.18. The van der Waals surface area contributed by atoms with Gasteiger partial charge < -0.3 is 10.6 Å². The van der Waals surface area contributed by atoms with E-state index in [1.165, 1.54) is 11.6 Å². The zero-order valence-corrected chi connectivity index (χ0v) is 19.5. The van der Waals surface area contributed by atoms with E-state index in [9.17, 15) is 8.78 Å². The number of hydrogen-bond donors (Lipinski definition) is 2. The second-order valence-electron chi connectivity index (χ2n) is 6.77. The Hall–Kier alpha value is -1.71. The van der Waals surface area contributed by atoms with E-state index in [-0.39, 0.29) is 30.0 Å². The molecule has 0 amide bonds. The van der Waals surface area contributed by atoms with Crippen molar-refractivity contribution in [2.24, 2.45) is 12.0 Å². The highest BCUT2D eigenvalue weighted by atomic mass is 127. The van der Waals surface area contributed by atoms with Crippen LogP contribution in [0.2, 0.25) is 0 Å². The maximum Gasteiger partial charge on any atom is 0.191 e. The van der Waals surface area contributed by atoms with Gasteiger partial charge in [-0.3, -0.25) is 9.67 Å². The van der Waals surface area contributed by atoms with Crippen LogP contribution in [0.25, 0.3) is 0 Å². The van der Waals surface area contributed by atoms with Gasteiger partial charge in [0.1, 0.15) is 11.6 Å². The van der Waals surface area contributed by atoms with Crippen LogP contribution in [-0.2, 0) is 19.9 Å².